The molecule has 0 fully saturated rings. The number of phenolic OH excluding ortho intramolecular Hbond substituents is 1. The first-order valence-electron chi connectivity index (χ1n) is 10.9. The highest BCUT2D eigenvalue weighted by molar-refractivity contribution is 7.12. The number of anilines is 2. The van der Waals surface area contributed by atoms with E-state index in [2.05, 4.69) is 21.7 Å². The smallest absolute Gasteiger partial charge is 0.346 e. The monoisotopic (exact) mass is 474 g/mol. The number of aromatic carboxylic acids is 1. The van der Waals surface area contributed by atoms with Crippen LogP contribution in [-0.4, -0.2) is 33.5 Å². The minimum Gasteiger partial charge on any atom is -0.505 e. The largest absolute Gasteiger partial charge is 0.505 e. The molecule has 172 valence electrons. The van der Waals surface area contributed by atoms with E-state index in [1.807, 2.05) is 12.1 Å². The second kappa shape index (κ2) is 8.75. The third-order valence-corrected chi connectivity index (χ3v) is 6.94. The number of carboxylic acids is 1. The predicted molar refractivity (Wildman–Crippen MR) is 133 cm³/mol. The molecule has 3 aromatic rings. The number of thiophene rings is 1. The number of benzene rings is 2. The van der Waals surface area contributed by atoms with Gasteiger partial charge in [0.05, 0.1) is 17.1 Å². The van der Waals surface area contributed by atoms with Crippen molar-refractivity contribution in [2.24, 2.45) is 10.2 Å². The maximum atomic E-state index is 13.1. The summed E-state index contributed by atoms with van der Waals surface area (Å²) in [6.07, 6.45) is 4.39. The molecule has 1 aromatic heterocycles. The first-order chi connectivity index (χ1) is 16.4. The Hall–Kier alpha value is -3.98. The molecule has 2 aromatic carbocycles. The SMILES string of the molecule is CC1=NN(c2ccc3c(c2)CCCC3)C(=O)C1=NNc1cccc(-c2ccsc2C(=O)O)c1O. The normalized spacial score (nSPS) is 16.5. The molecule has 0 bridgehead atoms. The molecule has 2 heterocycles. The Labute approximate surface area is 199 Å². The molecule has 1 aliphatic carbocycles. The number of rotatable bonds is 5. The molecule has 0 saturated carbocycles. The zero-order valence-corrected chi connectivity index (χ0v) is 19.2. The fourth-order valence-corrected chi connectivity index (χ4v) is 5.05. The number of aromatic hydroxyl groups is 1. The van der Waals surface area contributed by atoms with Crippen LogP contribution in [0.3, 0.4) is 0 Å². The summed E-state index contributed by atoms with van der Waals surface area (Å²) >= 11 is 1.08. The van der Waals surface area contributed by atoms with Crippen molar-refractivity contribution in [2.45, 2.75) is 32.6 Å². The second-order valence-electron chi connectivity index (χ2n) is 8.20. The zero-order chi connectivity index (χ0) is 23.8. The summed E-state index contributed by atoms with van der Waals surface area (Å²) in [7, 11) is 0. The Morgan fingerprint density at radius 3 is 2.71 bits per heavy atom. The molecule has 8 nitrogen and oxygen atoms in total. The summed E-state index contributed by atoms with van der Waals surface area (Å²) in [5.74, 6) is -1.57. The molecule has 2 aliphatic rings. The first kappa shape index (κ1) is 21.8. The van der Waals surface area contributed by atoms with Crippen LogP contribution in [0.5, 0.6) is 5.75 Å². The molecule has 0 unspecified atom stereocenters. The molecule has 0 spiro atoms. The van der Waals surface area contributed by atoms with Gasteiger partial charge in [-0.2, -0.15) is 15.2 Å². The van der Waals surface area contributed by atoms with Crippen LogP contribution in [0.4, 0.5) is 11.4 Å². The highest BCUT2D eigenvalue weighted by Crippen LogP contribution is 2.39. The predicted octanol–water partition coefficient (Wildman–Crippen LogP) is 4.89. The van der Waals surface area contributed by atoms with Crippen LogP contribution in [0.1, 0.15) is 40.6 Å². The van der Waals surface area contributed by atoms with Crippen LogP contribution in [0, 0.1) is 0 Å². The minimum atomic E-state index is -1.06. The van der Waals surface area contributed by atoms with E-state index in [4.69, 9.17) is 0 Å². The van der Waals surface area contributed by atoms with Gasteiger partial charge in [-0.3, -0.25) is 10.2 Å². The van der Waals surface area contributed by atoms with Gasteiger partial charge in [0.1, 0.15) is 10.6 Å². The van der Waals surface area contributed by atoms with Crippen molar-refractivity contribution in [1.82, 2.24) is 0 Å². The van der Waals surface area contributed by atoms with Gasteiger partial charge in [-0.15, -0.1) is 11.3 Å². The summed E-state index contributed by atoms with van der Waals surface area (Å²) in [6, 6.07) is 12.6. The van der Waals surface area contributed by atoms with Crippen molar-refractivity contribution in [3.05, 3.63) is 63.8 Å². The van der Waals surface area contributed by atoms with Gasteiger partial charge in [0.2, 0.25) is 0 Å². The number of para-hydroxylation sites is 1. The summed E-state index contributed by atoms with van der Waals surface area (Å²) in [5.41, 5.74) is 7.67. The summed E-state index contributed by atoms with van der Waals surface area (Å²) < 4.78 is 0. The van der Waals surface area contributed by atoms with Gasteiger partial charge in [-0.1, -0.05) is 18.2 Å². The third kappa shape index (κ3) is 3.84. The lowest BCUT2D eigenvalue weighted by atomic mass is 9.91. The number of aryl methyl sites for hydroxylation is 2. The molecule has 0 saturated heterocycles. The number of hydrogen-bond acceptors (Lipinski definition) is 7. The molecule has 0 radical (unpaired) electrons. The molecular formula is C25H22N4O4S. The third-order valence-electron chi connectivity index (χ3n) is 6.04. The topological polar surface area (TPSA) is 115 Å². The molecule has 1 aliphatic heterocycles. The van der Waals surface area contributed by atoms with Gasteiger partial charge in [0.25, 0.3) is 0 Å². The van der Waals surface area contributed by atoms with Gasteiger partial charge < -0.3 is 10.2 Å². The lowest BCUT2D eigenvalue weighted by Gasteiger charge is -2.19. The number of nitrogens with zero attached hydrogens (tertiary/aromatic N) is 3. The number of amides is 1. The Kier molecular flexibility index (Phi) is 5.62. The van der Waals surface area contributed by atoms with Crippen LogP contribution in [-0.2, 0) is 17.6 Å². The maximum absolute atomic E-state index is 13.1. The first-order valence-corrected chi connectivity index (χ1v) is 11.8. The zero-order valence-electron chi connectivity index (χ0n) is 18.4. The van der Waals surface area contributed by atoms with Crippen molar-refractivity contribution in [2.75, 3.05) is 10.4 Å². The minimum absolute atomic E-state index is 0.133. The molecule has 3 N–H and O–H groups in total. The van der Waals surface area contributed by atoms with E-state index in [1.165, 1.54) is 22.6 Å². The summed E-state index contributed by atoms with van der Waals surface area (Å²) in [4.78, 5) is 24.7. The quantitative estimate of drug-likeness (QED) is 0.360. The average Bonchev–Trinajstić information content (AvgIpc) is 3.43. The number of fused-ring (bicyclic) bond motifs is 1. The van der Waals surface area contributed by atoms with Crippen LogP contribution in [0.15, 0.2) is 58.0 Å². The van der Waals surface area contributed by atoms with Crippen molar-refractivity contribution in [3.8, 4) is 16.9 Å². The maximum Gasteiger partial charge on any atom is 0.346 e. The summed E-state index contributed by atoms with van der Waals surface area (Å²) in [6.45, 7) is 1.71. The molecule has 5 rings (SSSR count). The van der Waals surface area contributed by atoms with Crippen molar-refractivity contribution < 1.29 is 19.8 Å². The molecule has 1 amide bonds. The second-order valence-corrected chi connectivity index (χ2v) is 9.12. The number of hydrazone groups is 2. The fourth-order valence-electron chi connectivity index (χ4n) is 4.31. The van der Waals surface area contributed by atoms with E-state index in [-0.39, 0.29) is 27.9 Å². The Balaban J connectivity index is 1.40. The van der Waals surface area contributed by atoms with Gasteiger partial charge in [0, 0.05) is 11.1 Å². The Morgan fingerprint density at radius 1 is 1.12 bits per heavy atom. The number of carbonyl (C=O) groups is 2. The standard InChI is InChI=1S/C25H22N4O4S/c1-14-21(24(31)29(28-14)17-10-9-15-5-2-3-6-16(15)13-17)27-26-20-8-4-7-18(22(20)30)19-11-12-34-23(19)25(32)33/h4,7-13,26,30H,2-3,5-6H2,1H3,(H,32,33). The van der Waals surface area contributed by atoms with Gasteiger partial charge in [-0.25, -0.2) is 4.79 Å². The summed E-state index contributed by atoms with van der Waals surface area (Å²) in [5, 5.41) is 31.8. The van der Waals surface area contributed by atoms with Crippen molar-refractivity contribution >= 4 is 46.0 Å². The van der Waals surface area contributed by atoms with Crippen LogP contribution < -0.4 is 10.4 Å². The number of carboxylic acid groups (broad SMARTS) is 1. The lowest BCUT2D eigenvalue weighted by molar-refractivity contribution is -0.112. The van der Waals surface area contributed by atoms with E-state index < -0.39 is 5.97 Å². The Morgan fingerprint density at radius 2 is 1.91 bits per heavy atom. The van der Waals surface area contributed by atoms with E-state index in [0.29, 0.717) is 22.5 Å². The molecular weight excluding hydrogens is 452 g/mol. The van der Waals surface area contributed by atoms with Gasteiger partial charge in [-0.05, 0) is 73.4 Å². The van der Waals surface area contributed by atoms with Crippen LogP contribution in [0.2, 0.25) is 0 Å². The van der Waals surface area contributed by atoms with Crippen molar-refractivity contribution in [1.29, 1.82) is 0 Å². The van der Waals surface area contributed by atoms with Gasteiger partial charge >= 0.3 is 11.9 Å². The van der Waals surface area contributed by atoms with Crippen molar-refractivity contribution in [3.63, 3.8) is 0 Å². The number of phenols is 1. The molecule has 0 atom stereocenters. The highest BCUT2D eigenvalue weighted by atomic mass is 32.1. The molecule has 9 heteroatoms. The highest BCUT2D eigenvalue weighted by Gasteiger charge is 2.31. The van der Waals surface area contributed by atoms with E-state index in [9.17, 15) is 19.8 Å². The average molecular weight is 475 g/mol. The van der Waals surface area contributed by atoms with E-state index in [1.54, 1.807) is 36.6 Å². The number of carbonyl (C=O) groups excluding carboxylic acids is 1. The number of hydrogen-bond donors (Lipinski definition) is 3. The molecule has 34 heavy (non-hydrogen) atoms. The van der Waals surface area contributed by atoms with Crippen LogP contribution >= 0.6 is 11.3 Å². The number of nitrogens with one attached hydrogen (secondary N) is 1. The van der Waals surface area contributed by atoms with E-state index >= 15 is 0 Å². The lowest BCUT2D eigenvalue weighted by Crippen LogP contribution is -2.28. The fraction of sp³-hybridized carbons (Fsp3) is 0.200. The van der Waals surface area contributed by atoms with E-state index in [0.717, 1.165) is 30.6 Å². The van der Waals surface area contributed by atoms with Crippen LogP contribution in [0.25, 0.3) is 11.1 Å². The Bertz CT molecular complexity index is 1370. The van der Waals surface area contributed by atoms with Gasteiger partial charge in [0.15, 0.2) is 5.71 Å².